The highest BCUT2D eigenvalue weighted by Gasteiger charge is 2.51. The molecule has 0 unspecified atom stereocenters. The van der Waals surface area contributed by atoms with E-state index in [2.05, 4.69) is 10.3 Å². The Morgan fingerprint density at radius 2 is 2.12 bits per heavy atom. The lowest BCUT2D eigenvalue weighted by Gasteiger charge is -2.35. The highest BCUT2D eigenvalue weighted by atomic mass is 16.4. The Kier molecular flexibility index (Phi) is 2.83. The lowest BCUT2D eigenvalue weighted by Crippen LogP contribution is -2.48. The maximum atomic E-state index is 11.9. The quantitative estimate of drug-likeness (QED) is 0.778. The van der Waals surface area contributed by atoms with E-state index in [0.717, 1.165) is 12.1 Å². The molecule has 0 atom stereocenters. The second-order valence-electron chi connectivity index (χ2n) is 4.38. The van der Waals surface area contributed by atoms with Crippen LogP contribution in [0.15, 0.2) is 18.3 Å². The van der Waals surface area contributed by atoms with Gasteiger partial charge in [0.25, 0.3) is 0 Å². The molecule has 17 heavy (non-hydrogen) atoms. The van der Waals surface area contributed by atoms with Crippen molar-refractivity contribution in [1.82, 2.24) is 4.98 Å². The molecular formula is C12H14N2O3. The Morgan fingerprint density at radius 1 is 1.41 bits per heavy atom. The van der Waals surface area contributed by atoms with Crippen molar-refractivity contribution in [2.24, 2.45) is 5.41 Å². The molecule has 1 aliphatic carbocycles. The molecule has 1 aliphatic rings. The average molecular weight is 234 g/mol. The van der Waals surface area contributed by atoms with E-state index in [1.165, 1.54) is 6.20 Å². The number of carboxylic acid groups (broad SMARTS) is 1. The number of rotatable bonds is 3. The van der Waals surface area contributed by atoms with Gasteiger partial charge in [0.2, 0.25) is 5.91 Å². The Labute approximate surface area is 98.9 Å². The summed E-state index contributed by atoms with van der Waals surface area (Å²) in [6.45, 7) is 1.84. The van der Waals surface area contributed by atoms with Crippen LogP contribution in [0.25, 0.3) is 0 Å². The van der Waals surface area contributed by atoms with E-state index in [1.54, 1.807) is 12.1 Å². The number of aliphatic carboxylic acids is 1. The van der Waals surface area contributed by atoms with E-state index < -0.39 is 17.3 Å². The van der Waals surface area contributed by atoms with E-state index >= 15 is 0 Å². The molecule has 2 N–H and O–H groups in total. The number of nitrogens with one attached hydrogen (secondary N) is 1. The van der Waals surface area contributed by atoms with Gasteiger partial charge in [0, 0.05) is 5.69 Å². The summed E-state index contributed by atoms with van der Waals surface area (Å²) in [5.74, 6) is -1.48. The third-order valence-corrected chi connectivity index (χ3v) is 3.22. The van der Waals surface area contributed by atoms with Crippen molar-refractivity contribution in [3.05, 3.63) is 24.0 Å². The molecule has 1 fully saturated rings. The molecule has 1 aromatic rings. The second-order valence-corrected chi connectivity index (χ2v) is 4.38. The molecule has 5 nitrogen and oxygen atoms in total. The molecule has 1 saturated carbocycles. The van der Waals surface area contributed by atoms with Gasteiger partial charge in [0.05, 0.1) is 11.9 Å². The van der Waals surface area contributed by atoms with Crippen molar-refractivity contribution in [2.75, 3.05) is 5.32 Å². The zero-order chi connectivity index (χ0) is 12.5. The van der Waals surface area contributed by atoms with Gasteiger partial charge < -0.3 is 10.4 Å². The second kappa shape index (κ2) is 4.16. The normalized spacial score (nSPS) is 17.0. The molecule has 1 amide bonds. The van der Waals surface area contributed by atoms with Gasteiger partial charge in [0.1, 0.15) is 5.41 Å². The van der Waals surface area contributed by atoms with E-state index in [4.69, 9.17) is 5.11 Å². The predicted octanol–water partition coefficient (Wildman–Crippen LogP) is 1.58. The summed E-state index contributed by atoms with van der Waals surface area (Å²) in [5.41, 5.74) is 0.151. The number of amides is 1. The Bertz CT molecular complexity index is 449. The van der Waals surface area contributed by atoms with Gasteiger partial charge in [-0.2, -0.15) is 0 Å². The number of carbonyl (C=O) groups is 2. The van der Waals surface area contributed by atoms with Crippen LogP contribution in [0.2, 0.25) is 0 Å². The highest BCUT2D eigenvalue weighted by Crippen LogP contribution is 2.42. The van der Waals surface area contributed by atoms with Crippen LogP contribution in [0.1, 0.15) is 25.0 Å². The first kappa shape index (κ1) is 11.6. The molecular weight excluding hydrogens is 220 g/mol. The fraction of sp³-hybridized carbons (Fsp3) is 0.417. The SMILES string of the molecule is Cc1ccc(NC(=O)C2(C(=O)O)CCC2)cn1. The standard InChI is InChI=1S/C12H14N2O3/c1-8-3-4-9(7-13-8)14-10(15)12(11(16)17)5-2-6-12/h3-4,7H,2,5-6H2,1H3,(H,14,15)(H,16,17). The predicted molar refractivity (Wildman–Crippen MR) is 61.5 cm³/mol. The van der Waals surface area contributed by atoms with Crippen molar-refractivity contribution in [3.63, 3.8) is 0 Å². The van der Waals surface area contributed by atoms with Crippen LogP contribution in [0.3, 0.4) is 0 Å². The Balaban J connectivity index is 2.11. The first-order chi connectivity index (χ1) is 8.04. The number of nitrogens with zero attached hydrogens (tertiary/aromatic N) is 1. The molecule has 0 bridgehead atoms. The molecule has 2 rings (SSSR count). The number of hydrogen-bond acceptors (Lipinski definition) is 3. The number of hydrogen-bond donors (Lipinski definition) is 2. The summed E-state index contributed by atoms with van der Waals surface area (Å²) in [5, 5.41) is 11.7. The largest absolute Gasteiger partial charge is 0.480 e. The molecule has 1 aromatic heterocycles. The zero-order valence-corrected chi connectivity index (χ0v) is 9.56. The van der Waals surface area contributed by atoms with Crippen molar-refractivity contribution in [3.8, 4) is 0 Å². The molecule has 0 radical (unpaired) electrons. The monoisotopic (exact) mass is 234 g/mol. The van der Waals surface area contributed by atoms with Crippen LogP contribution in [0, 0.1) is 12.3 Å². The number of carboxylic acids is 1. The fourth-order valence-electron chi connectivity index (χ4n) is 1.86. The van der Waals surface area contributed by atoms with E-state index in [-0.39, 0.29) is 0 Å². The number of anilines is 1. The zero-order valence-electron chi connectivity index (χ0n) is 9.56. The van der Waals surface area contributed by atoms with Gasteiger partial charge in [-0.1, -0.05) is 6.42 Å². The highest BCUT2D eigenvalue weighted by molar-refractivity contribution is 6.09. The first-order valence-corrected chi connectivity index (χ1v) is 5.52. The van der Waals surface area contributed by atoms with Crippen molar-refractivity contribution >= 4 is 17.6 Å². The average Bonchev–Trinajstić information content (AvgIpc) is 2.19. The summed E-state index contributed by atoms with van der Waals surface area (Å²) in [6.07, 6.45) is 3.13. The molecule has 5 heteroatoms. The number of aryl methyl sites for hydroxylation is 1. The van der Waals surface area contributed by atoms with Crippen LogP contribution < -0.4 is 5.32 Å². The van der Waals surface area contributed by atoms with Crippen LogP contribution >= 0.6 is 0 Å². The van der Waals surface area contributed by atoms with E-state index in [9.17, 15) is 9.59 Å². The summed E-state index contributed by atoms with van der Waals surface area (Å²) in [7, 11) is 0. The maximum absolute atomic E-state index is 11.9. The smallest absolute Gasteiger partial charge is 0.319 e. The van der Waals surface area contributed by atoms with E-state index in [0.29, 0.717) is 18.5 Å². The van der Waals surface area contributed by atoms with Crippen LogP contribution in [0.4, 0.5) is 5.69 Å². The van der Waals surface area contributed by atoms with Crippen LogP contribution in [0.5, 0.6) is 0 Å². The molecule has 0 aliphatic heterocycles. The number of pyridine rings is 1. The van der Waals surface area contributed by atoms with Gasteiger partial charge in [-0.25, -0.2) is 0 Å². The van der Waals surface area contributed by atoms with Gasteiger partial charge >= 0.3 is 5.97 Å². The molecule has 1 heterocycles. The van der Waals surface area contributed by atoms with Gasteiger partial charge in [-0.15, -0.1) is 0 Å². The fourth-order valence-corrected chi connectivity index (χ4v) is 1.86. The van der Waals surface area contributed by atoms with Crippen LogP contribution in [-0.4, -0.2) is 22.0 Å². The summed E-state index contributed by atoms with van der Waals surface area (Å²) < 4.78 is 0. The third kappa shape index (κ3) is 2.00. The van der Waals surface area contributed by atoms with Gasteiger partial charge in [-0.05, 0) is 31.9 Å². The minimum Gasteiger partial charge on any atom is -0.480 e. The minimum atomic E-state index is -1.23. The Hall–Kier alpha value is -1.91. The number of aromatic nitrogens is 1. The molecule has 0 aromatic carbocycles. The van der Waals surface area contributed by atoms with Crippen molar-refractivity contribution in [2.45, 2.75) is 26.2 Å². The minimum absolute atomic E-state index is 0.410. The Morgan fingerprint density at radius 3 is 2.53 bits per heavy atom. The van der Waals surface area contributed by atoms with Gasteiger partial charge in [0.15, 0.2) is 0 Å². The molecule has 90 valence electrons. The first-order valence-electron chi connectivity index (χ1n) is 5.52. The maximum Gasteiger partial charge on any atom is 0.319 e. The van der Waals surface area contributed by atoms with Gasteiger partial charge in [-0.3, -0.25) is 14.6 Å². The van der Waals surface area contributed by atoms with Crippen LogP contribution in [-0.2, 0) is 9.59 Å². The summed E-state index contributed by atoms with van der Waals surface area (Å²) in [6, 6.07) is 3.48. The third-order valence-electron chi connectivity index (χ3n) is 3.22. The lowest BCUT2D eigenvalue weighted by atomic mass is 9.68. The molecule has 0 saturated heterocycles. The van der Waals surface area contributed by atoms with Crippen molar-refractivity contribution in [1.29, 1.82) is 0 Å². The van der Waals surface area contributed by atoms with E-state index in [1.807, 2.05) is 6.92 Å². The summed E-state index contributed by atoms with van der Waals surface area (Å²) >= 11 is 0. The van der Waals surface area contributed by atoms with Crippen molar-refractivity contribution < 1.29 is 14.7 Å². The molecule has 0 spiro atoms. The number of carbonyl (C=O) groups excluding carboxylic acids is 1. The lowest BCUT2D eigenvalue weighted by molar-refractivity contribution is -0.159. The topological polar surface area (TPSA) is 79.3 Å². The summed E-state index contributed by atoms with van der Waals surface area (Å²) in [4.78, 5) is 27.1.